The highest BCUT2D eigenvalue weighted by Gasteiger charge is 2.54. The molecule has 0 amide bonds. The molecule has 30 heavy (non-hydrogen) atoms. The van der Waals surface area contributed by atoms with E-state index in [1.165, 1.54) is 0 Å². The highest BCUT2D eigenvalue weighted by Crippen LogP contribution is 2.42. The van der Waals surface area contributed by atoms with E-state index in [0.717, 1.165) is 16.9 Å². The van der Waals surface area contributed by atoms with E-state index in [1.54, 1.807) is 31.4 Å². The zero-order valence-corrected chi connectivity index (χ0v) is 18.9. The molecular weight excluding hydrogens is 426 g/mol. The van der Waals surface area contributed by atoms with Gasteiger partial charge in [-0.25, -0.2) is 18.2 Å². The van der Waals surface area contributed by atoms with Crippen molar-refractivity contribution in [2.24, 2.45) is 0 Å². The maximum Gasteiger partial charge on any atom is 0.367 e. The Bertz CT molecular complexity index is 1050. The Morgan fingerprint density at radius 1 is 1.17 bits per heavy atom. The molecule has 1 fully saturated rings. The van der Waals surface area contributed by atoms with Crippen molar-refractivity contribution in [3.05, 3.63) is 45.4 Å². The van der Waals surface area contributed by atoms with Crippen LogP contribution < -0.4 is 0 Å². The van der Waals surface area contributed by atoms with Gasteiger partial charge in [-0.3, -0.25) is 4.79 Å². The third-order valence-corrected chi connectivity index (χ3v) is 8.78. The lowest BCUT2D eigenvalue weighted by Crippen LogP contribution is -2.45. The first-order valence-electron chi connectivity index (χ1n) is 9.82. The van der Waals surface area contributed by atoms with Crippen LogP contribution in [0.1, 0.15) is 59.2 Å². The lowest BCUT2D eigenvalue weighted by Gasteiger charge is -2.27. The number of carbonyl (C=O) groups excluding carboxylic acids is 2. The van der Waals surface area contributed by atoms with Gasteiger partial charge in [-0.15, -0.1) is 11.3 Å². The number of esters is 2. The van der Waals surface area contributed by atoms with Crippen LogP contribution >= 0.6 is 11.3 Å². The number of aromatic nitrogens is 1. The van der Waals surface area contributed by atoms with Crippen molar-refractivity contribution < 1.29 is 27.5 Å². The molecule has 162 valence electrons. The summed E-state index contributed by atoms with van der Waals surface area (Å²) in [6.45, 7) is 5.29. The van der Waals surface area contributed by atoms with Gasteiger partial charge < -0.3 is 9.47 Å². The number of hydrogen-bond donors (Lipinski definition) is 0. The second-order valence-corrected chi connectivity index (χ2v) is 10.5. The Hall–Kier alpha value is -2.26. The second-order valence-electron chi connectivity index (χ2n) is 7.41. The van der Waals surface area contributed by atoms with E-state index in [1.807, 2.05) is 13.0 Å². The second kappa shape index (κ2) is 8.85. The maximum absolute atomic E-state index is 13.6. The van der Waals surface area contributed by atoms with Gasteiger partial charge in [0.25, 0.3) is 0 Å². The van der Waals surface area contributed by atoms with Crippen molar-refractivity contribution >= 4 is 33.1 Å². The predicted octanol–water partition coefficient (Wildman–Crippen LogP) is 3.77. The number of rotatable bonds is 7. The molecule has 0 aliphatic heterocycles. The predicted molar refractivity (Wildman–Crippen MR) is 112 cm³/mol. The van der Waals surface area contributed by atoms with E-state index in [2.05, 4.69) is 4.98 Å². The summed E-state index contributed by atoms with van der Waals surface area (Å²) in [5, 5.41) is 1.77. The van der Waals surface area contributed by atoms with Crippen LogP contribution in [-0.2, 0) is 30.7 Å². The number of ether oxygens (including phenoxy) is 2. The van der Waals surface area contributed by atoms with E-state index in [-0.39, 0.29) is 36.0 Å². The molecule has 1 heterocycles. The molecule has 0 saturated heterocycles. The van der Waals surface area contributed by atoms with Crippen molar-refractivity contribution in [3.63, 3.8) is 0 Å². The molecule has 0 N–H and O–H groups in total. The minimum absolute atomic E-state index is 0.168. The Kier molecular flexibility index (Phi) is 6.62. The summed E-state index contributed by atoms with van der Waals surface area (Å²) < 4.78 is 35.9. The summed E-state index contributed by atoms with van der Waals surface area (Å²) in [4.78, 5) is 29.1. The normalized spacial score (nSPS) is 15.7. The van der Waals surface area contributed by atoms with E-state index in [9.17, 15) is 18.0 Å². The smallest absolute Gasteiger partial charge is 0.367 e. The average Bonchev–Trinajstić information content (AvgIpc) is 3.39. The molecule has 2 aromatic rings. The van der Waals surface area contributed by atoms with Crippen molar-refractivity contribution in [1.29, 1.82) is 0 Å². The molecule has 0 atom stereocenters. The Labute approximate surface area is 180 Å². The molecule has 1 aliphatic rings. The molecule has 0 unspecified atom stereocenters. The van der Waals surface area contributed by atoms with E-state index in [0.29, 0.717) is 24.1 Å². The van der Waals surface area contributed by atoms with Crippen LogP contribution in [0, 0.1) is 13.8 Å². The first-order valence-corrected chi connectivity index (χ1v) is 12.2. The summed E-state index contributed by atoms with van der Waals surface area (Å²) in [6.07, 6.45) is 1.74. The minimum atomic E-state index is -3.94. The van der Waals surface area contributed by atoms with Crippen molar-refractivity contribution in [2.45, 2.75) is 62.7 Å². The van der Waals surface area contributed by atoms with Crippen molar-refractivity contribution in [3.8, 4) is 0 Å². The van der Waals surface area contributed by atoms with Crippen molar-refractivity contribution in [1.82, 2.24) is 4.98 Å². The fourth-order valence-corrected chi connectivity index (χ4v) is 6.72. The molecule has 0 radical (unpaired) electrons. The number of sulfone groups is 1. The van der Waals surface area contributed by atoms with E-state index < -0.39 is 26.5 Å². The van der Waals surface area contributed by atoms with Gasteiger partial charge in [0.2, 0.25) is 5.01 Å². The zero-order valence-electron chi connectivity index (χ0n) is 17.3. The summed E-state index contributed by atoms with van der Waals surface area (Å²) in [6, 6.07) is 5.21. The molecule has 0 spiro atoms. The fraction of sp³-hybridized carbons (Fsp3) is 0.476. The van der Waals surface area contributed by atoms with Gasteiger partial charge in [0.1, 0.15) is 6.61 Å². The lowest BCUT2D eigenvalue weighted by atomic mass is 10.1. The standard InChI is InChI=1S/C21H25NO6S2/c1-4-27-19(23)18-22-16(13-29-18)12-28-20(24)21(9-5-6-10-21)30(25,26)17-11-14(2)7-8-15(17)3/h7-8,11,13H,4-6,9-10,12H2,1-3H3. The van der Waals surface area contributed by atoms with Crippen LogP contribution in [0.15, 0.2) is 28.5 Å². The zero-order chi connectivity index (χ0) is 21.9. The Morgan fingerprint density at radius 2 is 1.87 bits per heavy atom. The molecule has 3 rings (SSSR count). The number of thiazole rings is 1. The van der Waals surface area contributed by atoms with Crippen LogP contribution in [-0.4, -0.2) is 36.7 Å². The van der Waals surface area contributed by atoms with Gasteiger partial charge in [-0.05, 0) is 50.8 Å². The number of benzene rings is 1. The highest BCUT2D eigenvalue weighted by molar-refractivity contribution is 7.93. The quantitative estimate of drug-likeness (QED) is 0.591. The third-order valence-electron chi connectivity index (χ3n) is 5.28. The molecule has 0 bridgehead atoms. The summed E-state index contributed by atoms with van der Waals surface area (Å²) in [7, 11) is -3.94. The number of aryl methyl sites for hydroxylation is 2. The van der Waals surface area contributed by atoms with Crippen LogP contribution in [0.3, 0.4) is 0 Å². The highest BCUT2D eigenvalue weighted by atomic mass is 32.2. The SMILES string of the molecule is CCOC(=O)c1nc(COC(=O)C2(S(=O)(=O)c3cc(C)ccc3C)CCCC2)cs1. The maximum atomic E-state index is 13.6. The molecule has 1 aromatic carbocycles. The van der Waals surface area contributed by atoms with Gasteiger partial charge in [0.05, 0.1) is 17.2 Å². The van der Waals surface area contributed by atoms with Crippen LogP contribution in [0.2, 0.25) is 0 Å². The van der Waals surface area contributed by atoms with Crippen molar-refractivity contribution in [2.75, 3.05) is 6.61 Å². The molecule has 1 saturated carbocycles. The van der Waals surface area contributed by atoms with E-state index >= 15 is 0 Å². The number of nitrogens with zero attached hydrogens (tertiary/aromatic N) is 1. The van der Waals surface area contributed by atoms with E-state index in [4.69, 9.17) is 9.47 Å². The van der Waals surface area contributed by atoms with Gasteiger partial charge >= 0.3 is 11.9 Å². The first-order chi connectivity index (χ1) is 14.2. The van der Waals surface area contributed by atoms with Gasteiger partial charge in [0, 0.05) is 5.38 Å². The summed E-state index contributed by atoms with van der Waals surface area (Å²) >= 11 is 1.09. The Morgan fingerprint density at radius 3 is 2.53 bits per heavy atom. The fourth-order valence-electron chi connectivity index (χ4n) is 3.67. The largest absolute Gasteiger partial charge is 0.461 e. The van der Waals surface area contributed by atoms with Crippen LogP contribution in [0.4, 0.5) is 0 Å². The molecule has 9 heteroatoms. The molecule has 1 aliphatic carbocycles. The third kappa shape index (κ3) is 4.13. The molecule has 1 aromatic heterocycles. The first kappa shape index (κ1) is 22.4. The average molecular weight is 452 g/mol. The van der Waals surface area contributed by atoms with Crippen LogP contribution in [0.25, 0.3) is 0 Å². The molecular formula is C21H25NO6S2. The van der Waals surface area contributed by atoms with Gasteiger partial charge in [0.15, 0.2) is 14.6 Å². The Balaban J connectivity index is 1.83. The summed E-state index contributed by atoms with van der Waals surface area (Å²) in [5.41, 5.74) is 1.81. The lowest BCUT2D eigenvalue weighted by molar-refractivity contribution is -0.148. The van der Waals surface area contributed by atoms with Gasteiger partial charge in [-0.1, -0.05) is 25.0 Å². The monoisotopic (exact) mass is 451 g/mol. The topological polar surface area (TPSA) is 99.6 Å². The molecule has 7 nitrogen and oxygen atoms in total. The number of hydrogen-bond acceptors (Lipinski definition) is 8. The minimum Gasteiger partial charge on any atom is -0.461 e. The van der Waals surface area contributed by atoms with Crippen LogP contribution in [0.5, 0.6) is 0 Å². The summed E-state index contributed by atoms with van der Waals surface area (Å²) in [5.74, 6) is -1.29. The van der Waals surface area contributed by atoms with Gasteiger partial charge in [-0.2, -0.15) is 0 Å². The number of carbonyl (C=O) groups is 2.